The number of hydrogen-bond donors (Lipinski definition) is 1. The highest BCUT2D eigenvalue weighted by molar-refractivity contribution is 7.19. The van der Waals surface area contributed by atoms with Crippen LogP contribution in [-0.2, 0) is 15.9 Å². The summed E-state index contributed by atoms with van der Waals surface area (Å²) in [6.45, 7) is 1.96. The molecule has 0 spiro atoms. The molecular weight excluding hydrogens is 334 g/mol. The van der Waals surface area contributed by atoms with Crippen LogP contribution >= 0.6 is 11.3 Å². The molecule has 1 atom stereocenters. The molecule has 1 unspecified atom stereocenters. The van der Waals surface area contributed by atoms with E-state index < -0.39 is 0 Å². The van der Waals surface area contributed by atoms with Crippen LogP contribution in [0.25, 0.3) is 16.3 Å². The van der Waals surface area contributed by atoms with E-state index in [4.69, 9.17) is 15.2 Å². The topological polar surface area (TPSA) is 70.3 Å². The quantitative estimate of drug-likeness (QED) is 0.769. The lowest BCUT2D eigenvalue weighted by Gasteiger charge is -2.11. The first kappa shape index (κ1) is 15.7. The van der Waals surface area contributed by atoms with Gasteiger partial charge in [0.25, 0.3) is 0 Å². The number of nitrogens with two attached hydrogens (primary N) is 1. The summed E-state index contributed by atoms with van der Waals surface area (Å²) in [7, 11) is 0. The summed E-state index contributed by atoms with van der Waals surface area (Å²) in [4.78, 5) is 9.88. The zero-order valence-electron chi connectivity index (χ0n) is 13.7. The molecule has 0 bridgehead atoms. The molecule has 0 saturated heterocycles. The summed E-state index contributed by atoms with van der Waals surface area (Å²) in [5, 5.41) is 0.476. The van der Waals surface area contributed by atoms with Crippen molar-refractivity contribution in [2.24, 2.45) is 0 Å². The molecule has 3 aromatic rings. The smallest absolute Gasteiger partial charge is 0.244 e. The minimum absolute atomic E-state index is 0.362. The molecular formula is C19H17N3O2S. The molecule has 3 heterocycles. The van der Waals surface area contributed by atoms with Crippen molar-refractivity contribution in [2.45, 2.75) is 19.6 Å². The first-order chi connectivity index (χ1) is 12.2. The van der Waals surface area contributed by atoms with Gasteiger partial charge in [-0.05, 0) is 24.6 Å². The molecule has 0 saturated carbocycles. The number of pyridine rings is 1. The maximum atomic E-state index is 5.96. The van der Waals surface area contributed by atoms with Crippen molar-refractivity contribution in [2.75, 3.05) is 5.73 Å². The second-order valence-corrected chi connectivity index (χ2v) is 6.78. The van der Waals surface area contributed by atoms with E-state index >= 15 is 0 Å². The average molecular weight is 351 g/mol. The van der Waals surface area contributed by atoms with Crippen LogP contribution in [0.2, 0.25) is 0 Å². The zero-order chi connectivity index (χ0) is 17.2. The molecule has 5 nitrogen and oxygen atoms in total. The highest BCUT2D eigenvalue weighted by Crippen LogP contribution is 2.37. The summed E-state index contributed by atoms with van der Waals surface area (Å²) < 4.78 is 11.6. The van der Waals surface area contributed by atoms with E-state index in [1.165, 1.54) is 11.3 Å². The van der Waals surface area contributed by atoms with E-state index in [1.807, 2.05) is 55.5 Å². The minimum atomic E-state index is -0.362. The Bertz CT molecular complexity index is 921. The number of aryl methyl sites for hydroxylation is 1. The summed E-state index contributed by atoms with van der Waals surface area (Å²) >= 11 is 1.40. The lowest BCUT2D eigenvalue weighted by molar-refractivity contribution is -0.0137. The van der Waals surface area contributed by atoms with Crippen molar-refractivity contribution >= 4 is 22.2 Å². The number of rotatable bonds is 4. The van der Waals surface area contributed by atoms with Gasteiger partial charge in [-0.15, -0.1) is 0 Å². The molecule has 4 rings (SSSR count). The number of benzene rings is 1. The molecule has 2 N–H and O–H groups in total. The Balaban J connectivity index is 1.57. The van der Waals surface area contributed by atoms with E-state index in [0.717, 1.165) is 21.8 Å². The third-order valence-electron chi connectivity index (χ3n) is 3.83. The molecule has 2 aromatic heterocycles. The number of anilines is 1. The largest absolute Gasteiger partial charge is 0.458 e. The molecule has 0 fully saturated rings. The second-order valence-electron chi connectivity index (χ2n) is 5.75. The Hall–Kier alpha value is -2.86. The number of aromatic nitrogens is 2. The van der Waals surface area contributed by atoms with Gasteiger partial charge in [-0.1, -0.05) is 47.7 Å². The number of thiazole rings is 1. The molecule has 1 aliphatic rings. The standard InChI is InChI=1S/C19H17N3O2S/c1-12-6-5-9-14(21-12)18-17(22-19(20)25-18)15-11-23-16(24-15)10-13-7-3-2-4-8-13/h2-9,11,16H,10H2,1H3,(H2,20,22). The van der Waals surface area contributed by atoms with Gasteiger partial charge in [-0.2, -0.15) is 0 Å². The summed E-state index contributed by atoms with van der Waals surface area (Å²) in [6.07, 6.45) is 1.92. The van der Waals surface area contributed by atoms with E-state index in [-0.39, 0.29) is 6.29 Å². The van der Waals surface area contributed by atoms with Crippen LogP contribution in [0.15, 0.2) is 54.8 Å². The maximum absolute atomic E-state index is 5.96. The van der Waals surface area contributed by atoms with Gasteiger partial charge in [-0.25, -0.2) is 4.98 Å². The Kier molecular flexibility index (Phi) is 4.11. The van der Waals surface area contributed by atoms with Crippen molar-refractivity contribution in [3.05, 3.63) is 71.7 Å². The summed E-state index contributed by atoms with van der Waals surface area (Å²) in [5.41, 5.74) is 9.54. The highest BCUT2D eigenvalue weighted by atomic mass is 32.1. The van der Waals surface area contributed by atoms with Crippen LogP contribution < -0.4 is 5.73 Å². The van der Waals surface area contributed by atoms with Crippen molar-refractivity contribution in [1.82, 2.24) is 9.97 Å². The van der Waals surface area contributed by atoms with E-state index in [2.05, 4.69) is 9.97 Å². The van der Waals surface area contributed by atoms with Crippen LogP contribution in [0.5, 0.6) is 0 Å². The highest BCUT2D eigenvalue weighted by Gasteiger charge is 2.26. The van der Waals surface area contributed by atoms with Crippen molar-refractivity contribution in [3.8, 4) is 10.6 Å². The third-order valence-corrected chi connectivity index (χ3v) is 4.74. The molecule has 1 aromatic carbocycles. The summed E-state index contributed by atoms with van der Waals surface area (Å²) in [5.74, 6) is 0.590. The van der Waals surface area contributed by atoms with Gasteiger partial charge in [0.05, 0.1) is 10.6 Å². The molecule has 0 radical (unpaired) electrons. The first-order valence-corrected chi connectivity index (χ1v) is 8.77. The fourth-order valence-electron chi connectivity index (χ4n) is 2.69. The number of nitrogens with zero attached hydrogens (tertiary/aromatic N) is 2. The van der Waals surface area contributed by atoms with E-state index in [1.54, 1.807) is 6.26 Å². The maximum Gasteiger partial charge on any atom is 0.244 e. The first-order valence-electron chi connectivity index (χ1n) is 7.96. The molecule has 0 amide bonds. The monoisotopic (exact) mass is 351 g/mol. The van der Waals surface area contributed by atoms with Crippen LogP contribution in [0, 0.1) is 6.92 Å². The van der Waals surface area contributed by atoms with Gasteiger partial charge >= 0.3 is 0 Å². The zero-order valence-corrected chi connectivity index (χ0v) is 14.5. The molecule has 6 heteroatoms. The van der Waals surface area contributed by atoms with Gasteiger partial charge in [-0.3, -0.25) is 4.98 Å². The van der Waals surface area contributed by atoms with Crippen molar-refractivity contribution in [3.63, 3.8) is 0 Å². The SMILES string of the molecule is Cc1cccc(-c2sc(N)nc2C2=COC(Cc3ccccc3)O2)n1. The fraction of sp³-hybridized carbons (Fsp3) is 0.158. The van der Waals surface area contributed by atoms with Gasteiger partial charge in [0.15, 0.2) is 10.9 Å². The van der Waals surface area contributed by atoms with Crippen LogP contribution in [0.4, 0.5) is 5.13 Å². The van der Waals surface area contributed by atoms with Crippen LogP contribution in [-0.4, -0.2) is 16.3 Å². The normalized spacial score (nSPS) is 16.2. The molecule has 1 aliphatic heterocycles. The lowest BCUT2D eigenvalue weighted by atomic mass is 10.1. The average Bonchev–Trinajstić information content (AvgIpc) is 3.22. The van der Waals surface area contributed by atoms with Crippen molar-refractivity contribution in [1.29, 1.82) is 0 Å². The predicted molar refractivity (Wildman–Crippen MR) is 98.6 cm³/mol. The van der Waals surface area contributed by atoms with Crippen LogP contribution in [0.3, 0.4) is 0 Å². The summed E-state index contributed by atoms with van der Waals surface area (Å²) in [6, 6.07) is 16.0. The van der Waals surface area contributed by atoms with Crippen LogP contribution in [0.1, 0.15) is 17.0 Å². The Morgan fingerprint density at radius 1 is 1.08 bits per heavy atom. The molecule has 25 heavy (non-hydrogen) atoms. The van der Waals surface area contributed by atoms with Gasteiger partial charge < -0.3 is 15.2 Å². The Morgan fingerprint density at radius 2 is 1.92 bits per heavy atom. The van der Waals surface area contributed by atoms with Gasteiger partial charge in [0.2, 0.25) is 6.29 Å². The molecule has 0 aliphatic carbocycles. The fourth-order valence-corrected chi connectivity index (χ4v) is 3.50. The molecule has 126 valence electrons. The van der Waals surface area contributed by atoms with E-state index in [0.29, 0.717) is 23.0 Å². The second kappa shape index (κ2) is 6.57. The number of hydrogen-bond acceptors (Lipinski definition) is 6. The minimum Gasteiger partial charge on any atom is -0.458 e. The number of ether oxygens (including phenoxy) is 2. The van der Waals surface area contributed by atoms with Gasteiger partial charge in [0, 0.05) is 12.1 Å². The Labute approximate surface area is 149 Å². The lowest BCUT2D eigenvalue weighted by Crippen LogP contribution is -2.12. The van der Waals surface area contributed by atoms with Gasteiger partial charge in [0.1, 0.15) is 12.0 Å². The Morgan fingerprint density at radius 3 is 2.72 bits per heavy atom. The number of nitrogen functional groups attached to an aromatic ring is 1. The van der Waals surface area contributed by atoms with E-state index in [9.17, 15) is 0 Å². The van der Waals surface area contributed by atoms with Crippen molar-refractivity contribution < 1.29 is 9.47 Å². The third kappa shape index (κ3) is 3.34. The predicted octanol–water partition coefficient (Wildman–Crippen LogP) is 4.01.